The van der Waals surface area contributed by atoms with Crippen molar-refractivity contribution in [3.8, 4) is 0 Å². The first-order valence-corrected chi connectivity index (χ1v) is 11.4. The fourth-order valence-electron chi connectivity index (χ4n) is 3.25. The number of rotatable bonds is 10. The molecular formula is C20H30N4O5S. The molecule has 0 saturated carbocycles. The van der Waals surface area contributed by atoms with Gasteiger partial charge in [0, 0.05) is 19.8 Å². The maximum Gasteiger partial charge on any atom is 0.325 e. The predicted octanol–water partition coefficient (Wildman–Crippen LogP) is 2.16. The lowest BCUT2D eigenvalue weighted by molar-refractivity contribution is -0.133. The number of anilines is 1. The molecule has 2 rings (SSSR count). The molecule has 30 heavy (non-hydrogen) atoms. The van der Waals surface area contributed by atoms with Crippen molar-refractivity contribution in [2.45, 2.75) is 56.4 Å². The Labute approximate surface area is 177 Å². The molecule has 1 heterocycles. The van der Waals surface area contributed by atoms with Crippen LogP contribution in [0, 0.1) is 0 Å². The summed E-state index contributed by atoms with van der Waals surface area (Å²) in [5.41, 5.74) is -0.748. The Kier molecular flexibility index (Phi) is 7.59. The van der Waals surface area contributed by atoms with Crippen LogP contribution >= 0.6 is 0 Å². The Morgan fingerprint density at radius 3 is 2.53 bits per heavy atom. The van der Waals surface area contributed by atoms with Crippen LogP contribution in [-0.4, -0.2) is 61.6 Å². The SMILES string of the molecule is CCCCCCC1(C)NC(=O)N(CC(=O)Nc2cccc(S(=O)(=O)N(C)C)c2)C1=O. The summed E-state index contributed by atoms with van der Waals surface area (Å²) in [4.78, 5) is 38.3. The van der Waals surface area contributed by atoms with E-state index in [0.717, 1.165) is 34.9 Å². The zero-order chi connectivity index (χ0) is 22.5. The van der Waals surface area contributed by atoms with E-state index in [-0.39, 0.29) is 10.6 Å². The lowest BCUT2D eigenvalue weighted by Gasteiger charge is -2.21. The number of nitrogens with zero attached hydrogens (tertiary/aromatic N) is 2. The van der Waals surface area contributed by atoms with Crippen molar-refractivity contribution in [2.24, 2.45) is 0 Å². The van der Waals surface area contributed by atoms with Crippen molar-refractivity contribution in [3.63, 3.8) is 0 Å². The van der Waals surface area contributed by atoms with Gasteiger partial charge in [0.2, 0.25) is 15.9 Å². The van der Waals surface area contributed by atoms with Gasteiger partial charge in [-0.15, -0.1) is 0 Å². The molecule has 0 radical (unpaired) electrons. The highest BCUT2D eigenvalue weighted by molar-refractivity contribution is 7.89. The van der Waals surface area contributed by atoms with Gasteiger partial charge in [-0.3, -0.25) is 14.5 Å². The van der Waals surface area contributed by atoms with Crippen LogP contribution in [0.25, 0.3) is 0 Å². The zero-order valence-electron chi connectivity index (χ0n) is 17.9. The molecule has 2 N–H and O–H groups in total. The maximum atomic E-state index is 12.7. The summed E-state index contributed by atoms with van der Waals surface area (Å²) in [5.74, 6) is -1.02. The van der Waals surface area contributed by atoms with Crippen molar-refractivity contribution >= 4 is 33.6 Å². The average molecular weight is 439 g/mol. The summed E-state index contributed by atoms with van der Waals surface area (Å²) >= 11 is 0. The molecule has 0 spiro atoms. The van der Waals surface area contributed by atoms with E-state index < -0.39 is 40.0 Å². The van der Waals surface area contributed by atoms with E-state index in [9.17, 15) is 22.8 Å². The average Bonchev–Trinajstić information content (AvgIpc) is 2.88. The highest BCUT2D eigenvalue weighted by atomic mass is 32.2. The van der Waals surface area contributed by atoms with Gasteiger partial charge in [0.05, 0.1) is 4.90 Å². The first-order chi connectivity index (χ1) is 14.0. The van der Waals surface area contributed by atoms with Crippen LogP contribution in [0.15, 0.2) is 29.2 Å². The highest BCUT2D eigenvalue weighted by Crippen LogP contribution is 2.24. The maximum absolute atomic E-state index is 12.7. The topological polar surface area (TPSA) is 116 Å². The van der Waals surface area contributed by atoms with Gasteiger partial charge in [-0.1, -0.05) is 38.7 Å². The molecule has 1 fully saturated rings. The van der Waals surface area contributed by atoms with Crippen LogP contribution in [0.3, 0.4) is 0 Å². The second kappa shape index (κ2) is 9.57. The molecular weight excluding hydrogens is 408 g/mol. The lowest BCUT2D eigenvalue weighted by Crippen LogP contribution is -2.44. The molecule has 4 amide bonds. The molecule has 1 aromatic rings. The third-order valence-corrected chi connectivity index (χ3v) is 6.88. The Balaban J connectivity index is 2.03. The van der Waals surface area contributed by atoms with Gasteiger partial charge in [0.15, 0.2) is 0 Å². The molecule has 1 saturated heterocycles. The van der Waals surface area contributed by atoms with Gasteiger partial charge in [-0.25, -0.2) is 17.5 Å². The minimum absolute atomic E-state index is 0.0277. The van der Waals surface area contributed by atoms with Gasteiger partial charge in [0.25, 0.3) is 5.91 Å². The van der Waals surface area contributed by atoms with Crippen LogP contribution in [0.1, 0.15) is 46.0 Å². The predicted molar refractivity (Wildman–Crippen MR) is 113 cm³/mol. The number of unbranched alkanes of at least 4 members (excludes halogenated alkanes) is 3. The third kappa shape index (κ3) is 5.37. The summed E-state index contributed by atoms with van der Waals surface area (Å²) in [6.45, 7) is 3.32. The summed E-state index contributed by atoms with van der Waals surface area (Å²) in [7, 11) is -0.822. The molecule has 1 aliphatic rings. The monoisotopic (exact) mass is 438 g/mol. The standard InChI is InChI=1S/C20H30N4O5S/c1-5-6-7-8-12-20(2)18(26)24(19(27)22-20)14-17(25)21-15-10-9-11-16(13-15)30(28,29)23(3)4/h9-11,13H,5-8,12,14H2,1-4H3,(H,21,25)(H,22,27). The quantitative estimate of drug-likeness (QED) is 0.429. The molecule has 1 aliphatic heterocycles. The number of carbonyl (C=O) groups is 3. The number of urea groups is 1. The van der Waals surface area contributed by atoms with Gasteiger partial charge in [-0.2, -0.15) is 0 Å². The Morgan fingerprint density at radius 1 is 1.20 bits per heavy atom. The molecule has 1 aromatic carbocycles. The van der Waals surface area contributed by atoms with Crippen molar-refractivity contribution in [2.75, 3.05) is 26.0 Å². The second-order valence-electron chi connectivity index (χ2n) is 7.83. The second-order valence-corrected chi connectivity index (χ2v) is 9.98. The number of hydrogen-bond acceptors (Lipinski definition) is 5. The van der Waals surface area contributed by atoms with E-state index in [1.807, 2.05) is 0 Å². The fourth-order valence-corrected chi connectivity index (χ4v) is 4.20. The van der Waals surface area contributed by atoms with E-state index in [0.29, 0.717) is 6.42 Å². The number of imide groups is 1. The number of nitrogens with one attached hydrogen (secondary N) is 2. The van der Waals surface area contributed by atoms with Gasteiger partial charge < -0.3 is 10.6 Å². The molecule has 1 unspecified atom stereocenters. The number of carbonyl (C=O) groups excluding carboxylic acids is 3. The molecule has 10 heteroatoms. The third-order valence-electron chi connectivity index (χ3n) is 5.07. The minimum Gasteiger partial charge on any atom is -0.324 e. The Hall–Kier alpha value is -2.46. The molecule has 0 aromatic heterocycles. The number of hydrogen-bond donors (Lipinski definition) is 2. The van der Waals surface area contributed by atoms with Crippen LogP contribution < -0.4 is 10.6 Å². The van der Waals surface area contributed by atoms with Crippen molar-refractivity contribution in [1.82, 2.24) is 14.5 Å². The number of amides is 4. The van der Waals surface area contributed by atoms with E-state index in [2.05, 4.69) is 17.6 Å². The smallest absolute Gasteiger partial charge is 0.324 e. The number of benzene rings is 1. The van der Waals surface area contributed by atoms with Crippen molar-refractivity contribution < 1.29 is 22.8 Å². The molecule has 0 aliphatic carbocycles. The molecule has 1 atom stereocenters. The summed E-state index contributed by atoms with van der Waals surface area (Å²) in [6.07, 6.45) is 4.43. The highest BCUT2D eigenvalue weighted by Gasteiger charge is 2.47. The van der Waals surface area contributed by atoms with Gasteiger partial charge in [-0.05, 0) is 31.5 Å². The summed E-state index contributed by atoms with van der Waals surface area (Å²) in [6, 6.07) is 5.20. The van der Waals surface area contributed by atoms with Crippen LogP contribution in [0.2, 0.25) is 0 Å². The zero-order valence-corrected chi connectivity index (χ0v) is 18.7. The first kappa shape index (κ1) is 23.8. The summed E-state index contributed by atoms with van der Waals surface area (Å²) < 4.78 is 25.6. The van der Waals surface area contributed by atoms with E-state index in [4.69, 9.17) is 0 Å². The minimum atomic E-state index is -3.65. The van der Waals surface area contributed by atoms with E-state index >= 15 is 0 Å². The lowest BCUT2D eigenvalue weighted by atomic mass is 9.94. The van der Waals surface area contributed by atoms with Gasteiger partial charge in [0.1, 0.15) is 12.1 Å². The first-order valence-electron chi connectivity index (χ1n) is 9.98. The Morgan fingerprint density at radius 2 is 1.90 bits per heavy atom. The van der Waals surface area contributed by atoms with Crippen LogP contribution in [0.4, 0.5) is 10.5 Å². The van der Waals surface area contributed by atoms with Gasteiger partial charge >= 0.3 is 6.03 Å². The Bertz CT molecular complexity index is 916. The van der Waals surface area contributed by atoms with Crippen LogP contribution in [0.5, 0.6) is 0 Å². The number of sulfonamides is 1. The van der Waals surface area contributed by atoms with E-state index in [1.165, 1.54) is 38.4 Å². The summed E-state index contributed by atoms with van der Waals surface area (Å²) in [5, 5.41) is 5.24. The molecule has 0 bridgehead atoms. The molecule has 166 valence electrons. The fraction of sp³-hybridized carbons (Fsp3) is 0.550. The normalized spacial score (nSPS) is 19.3. The largest absolute Gasteiger partial charge is 0.325 e. The molecule has 9 nitrogen and oxygen atoms in total. The van der Waals surface area contributed by atoms with Crippen molar-refractivity contribution in [1.29, 1.82) is 0 Å². The van der Waals surface area contributed by atoms with E-state index in [1.54, 1.807) is 6.92 Å². The van der Waals surface area contributed by atoms with Crippen LogP contribution in [-0.2, 0) is 19.6 Å². The van der Waals surface area contributed by atoms with Crippen molar-refractivity contribution in [3.05, 3.63) is 24.3 Å².